The highest BCUT2D eigenvalue weighted by Crippen LogP contribution is 2.05. The fraction of sp³-hybridized carbons (Fsp3) is 0.615. The molecule has 0 aliphatic carbocycles. The molecule has 1 heterocycles. The van der Waals surface area contributed by atoms with Crippen LogP contribution in [0.25, 0.3) is 0 Å². The van der Waals surface area contributed by atoms with Crippen LogP contribution in [-0.2, 0) is 20.9 Å². The minimum atomic E-state index is -0.274. The molecule has 0 atom stereocenters. The molecule has 0 radical (unpaired) electrons. The van der Waals surface area contributed by atoms with Gasteiger partial charge in [-0.15, -0.1) is 0 Å². The summed E-state index contributed by atoms with van der Waals surface area (Å²) in [6.45, 7) is 0.820. The Morgan fingerprint density at radius 2 is 2.10 bits per heavy atom. The number of unbranched alkanes of at least 4 members (excludes halogenated alkanes) is 2. The van der Waals surface area contributed by atoms with Crippen LogP contribution in [0.3, 0.4) is 0 Å². The molecule has 1 amide bonds. The van der Waals surface area contributed by atoms with Crippen molar-refractivity contribution in [1.29, 1.82) is 0 Å². The summed E-state index contributed by atoms with van der Waals surface area (Å²) in [5.74, 6) is 0.0297. The molecule has 1 aromatic rings. The zero-order valence-corrected chi connectivity index (χ0v) is 11.8. The topological polar surface area (TPSA) is 90.7 Å². The molecule has 1 aromatic heterocycles. The Morgan fingerprint density at radius 1 is 1.30 bits per heavy atom. The SMILES string of the molecule is COCc1cc(C(=O)NCCCCCC(=O)OC)no1. The van der Waals surface area contributed by atoms with E-state index in [1.165, 1.54) is 14.2 Å². The van der Waals surface area contributed by atoms with E-state index in [9.17, 15) is 9.59 Å². The van der Waals surface area contributed by atoms with E-state index in [0.717, 1.165) is 19.3 Å². The molecule has 112 valence electrons. The van der Waals surface area contributed by atoms with Gasteiger partial charge in [-0.2, -0.15) is 0 Å². The highest BCUT2D eigenvalue weighted by molar-refractivity contribution is 5.92. The number of carbonyl (C=O) groups excluding carboxylic acids is 2. The van der Waals surface area contributed by atoms with Crippen LogP contribution >= 0.6 is 0 Å². The number of rotatable bonds is 9. The number of hydrogen-bond donors (Lipinski definition) is 1. The van der Waals surface area contributed by atoms with Crippen molar-refractivity contribution in [1.82, 2.24) is 10.5 Å². The van der Waals surface area contributed by atoms with Crippen molar-refractivity contribution in [3.05, 3.63) is 17.5 Å². The first-order chi connectivity index (χ1) is 9.67. The summed E-state index contributed by atoms with van der Waals surface area (Å²) in [5.41, 5.74) is 0.242. The van der Waals surface area contributed by atoms with Gasteiger partial charge in [0.25, 0.3) is 5.91 Å². The Hall–Kier alpha value is -1.89. The van der Waals surface area contributed by atoms with Crippen LogP contribution in [0.2, 0.25) is 0 Å². The van der Waals surface area contributed by atoms with E-state index in [-0.39, 0.29) is 24.2 Å². The van der Waals surface area contributed by atoms with Crippen molar-refractivity contribution in [3.63, 3.8) is 0 Å². The number of methoxy groups -OCH3 is 2. The molecule has 0 aromatic carbocycles. The van der Waals surface area contributed by atoms with Crippen LogP contribution in [0.1, 0.15) is 41.9 Å². The van der Waals surface area contributed by atoms with Crippen molar-refractivity contribution in [2.75, 3.05) is 20.8 Å². The van der Waals surface area contributed by atoms with Crippen molar-refractivity contribution in [3.8, 4) is 0 Å². The first kappa shape index (κ1) is 16.2. The van der Waals surface area contributed by atoms with Gasteiger partial charge in [0.05, 0.1) is 7.11 Å². The van der Waals surface area contributed by atoms with Crippen molar-refractivity contribution >= 4 is 11.9 Å². The normalized spacial score (nSPS) is 10.3. The molecule has 0 unspecified atom stereocenters. The number of ether oxygens (including phenoxy) is 2. The lowest BCUT2D eigenvalue weighted by Crippen LogP contribution is -2.24. The minimum Gasteiger partial charge on any atom is -0.469 e. The van der Waals surface area contributed by atoms with Gasteiger partial charge in [0.1, 0.15) is 6.61 Å². The highest BCUT2D eigenvalue weighted by Gasteiger charge is 2.11. The highest BCUT2D eigenvalue weighted by atomic mass is 16.5. The number of nitrogens with one attached hydrogen (secondary N) is 1. The molecule has 0 saturated carbocycles. The molecule has 1 N–H and O–H groups in total. The molecule has 1 rings (SSSR count). The number of nitrogens with zero attached hydrogens (tertiary/aromatic N) is 1. The van der Waals surface area contributed by atoms with E-state index >= 15 is 0 Å². The van der Waals surface area contributed by atoms with E-state index in [4.69, 9.17) is 9.26 Å². The second-order valence-electron chi connectivity index (χ2n) is 4.25. The lowest BCUT2D eigenvalue weighted by molar-refractivity contribution is -0.140. The number of amides is 1. The van der Waals surface area contributed by atoms with E-state index in [0.29, 0.717) is 18.7 Å². The Kier molecular flexibility index (Phi) is 7.34. The van der Waals surface area contributed by atoms with Crippen molar-refractivity contribution in [2.24, 2.45) is 0 Å². The second-order valence-corrected chi connectivity index (χ2v) is 4.25. The maximum atomic E-state index is 11.7. The lowest BCUT2D eigenvalue weighted by atomic mass is 10.2. The summed E-state index contributed by atoms with van der Waals surface area (Å²) < 4.78 is 14.3. The lowest BCUT2D eigenvalue weighted by Gasteiger charge is -2.02. The third-order valence-corrected chi connectivity index (χ3v) is 2.65. The maximum Gasteiger partial charge on any atom is 0.305 e. The molecule has 0 bridgehead atoms. The summed E-state index contributed by atoms with van der Waals surface area (Å²) >= 11 is 0. The number of carbonyl (C=O) groups is 2. The van der Waals surface area contributed by atoms with Crippen molar-refractivity contribution in [2.45, 2.75) is 32.3 Å². The van der Waals surface area contributed by atoms with E-state index in [1.54, 1.807) is 6.07 Å². The smallest absolute Gasteiger partial charge is 0.305 e. The standard InChI is InChI=1S/C13H20N2O5/c1-18-9-10-8-11(15-20-10)13(17)14-7-5-3-4-6-12(16)19-2/h8H,3-7,9H2,1-2H3,(H,14,17). The van der Waals surface area contributed by atoms with Gasteiger partial charge in [-0.1, -0.05) is 11.6 Å². The van der Waals surface area contributed by atoms with Crippen LogP contribution in [-0.4, -0.2) is 37.8 Å². The predicted molar refractivity (Wildman–Crippen MR) is 70.0 cm³/mol. The van der Waals surface area contributed by atoms with Gasteiger partial charge in [0, 0.05) is 26.1 Å². The third kappa shape index (κ3) is 5.83. The molecular formula is C13H20N2O5. The fourth-order valence-corrected chi connectivity index (χ4v) is 1.60. The van der Waals surface area contributed by atoms with Gasteiger partial charge in [-0.25, -0.2) is 0 Å². The first-order valence-electron chi connectivity index (χ1n) is 6.47. The molecule has 0 aliphatic rings. The number of esters is 1. The monoisotopic (exact) mass is 284 g/mol. The fourth-order valence-electron chi connectivity index (χ4n) is 1.60. The summed E-state index contributed by atoms with van der Waals surface area (Å²) in [7, 11) is 2.91. The summed E-state index contributed by atoms with van der Waals surface area (Å²) in [5, 5.41) is 6.39. The molecular weight excluding hydrogens is 264 g/mol. The van der Waals surface area contributed by atoms with Gasteiger partial charge in [0.2, 0.25) is 0 Å². The summed E-state index contributed by atoms with van der Waals surface area (Å²) in [6.07, 6.45) is 2.81. The van der Waals surface area contributed by atoms with Crippen molar-refractivity contribution < 1.29 is 23.6 Å². The Morgan fingerprint density at radius 3 is 2.80 bits per heavy atom. The largest absolute Gasteiger partial charge is 0.469 e. The van der Waals surface area contributed by atoms with Gasteiger partial charge in [-0.3, -0.25) is 9.59 Å². The van der Waals surface area contributed by atoms with Crippen LogP contribution < -0.4 is 5.32 Å². The average Bonchev–Trinajstić information content (AvgIpc) is 2.91. The van der Waals surface area contributed by atoms with Crippen LogP contribution in [0, 0.1) is 0 Å². The van der Waals surface area contributed by atoms with Gasteiger partial charge in [-0.05, 0) is 12.8 Å². The maximum absolute atomic E-state index is 11.7. The summed E-state index contributed by atoms with van der Waals surface area (Å²) in [4.78, 5) is 22.6. The molecule has 0 fully saturated rings. The first-order valence-corrected chi connectivity index (χ1v) is 6.47. The Balaban J connectivity index is 2.14. The predicted octanol–water partition coefficient (Wildman–Crippen LogP) is 1.28. The van der Waals surface area contributed by atoms with E-state index < -0.39 is 0 Å². The zero-order chi connectivity index (χ0) is 14.8. The van der Waals surface area contributed by atoms with Gasteiger partial charge < -0.3 is 19.3 Å². The van der Waals surface area contributed by atoms with Crippen LogP contribution in [0.4, 0.5) is 0 Å². The molecule has 7 heteroatoms. The summed E-state index contributed by atoms with van der Waals surface area (Å²) in [6, 6.07) is 1.55. The van der Waals surface area contributed by atoms with Crippen LogP contribution in [0.5, 0.6) is 0 Å². The molecule has 7 nitrogen and oxygen atoms in total. The Bertz CT molecular complexity index is 430. The number of hydrogen-bond acceptors (Lipinski definition) is 6. The Labute approximate surface area is 117 Å². The number of aromatic nitrogens is 1. The zero-order valence-electron chi connectivity index (χ0n) is 11.8. The minimum absolute atomic E-state index is 0.206. The third-order valence-electron chi connectivity index (χ3n) is 2.65. The van der Waals surface area contributed by atoms with E-state index in [1.807, 2.05) is 0 Å². The van der Waals surface area contributed by atoms with Crippen LogP contribution in [0.15, 0.2) is 10.6 Å². The second kappa shape index (κ2) is 9.08. The average molecular weight is 284 g/mol. The quantitative estimate of drug-likeness (QED) is 0.542. The van der Waals surface area contributed by atoms with Gasteiger partial charge >= 0.3 is 5.97 Å². The molecule has 0 saturated heterocycles. The van der Waals surface area contributed by atoms with Gasteiger partial charge in [0.15, 0.2) is 11.5 Å². The molecule has 0 aliphatic heterocycles. The van der Waals surface area contributed by atoms with E-state index in [2.05, 4.69) is 15.2 Å². The molecule has 20 heavy (non-hydrogen) atoms. The molecule has 0 spiro atoms.